The molecule has 16 heavy (non-hydrogen) atoms. The third-order valence-electron chi connectivity index (χ3n) is 1.91. The zero-order chi connectivity index (χ0) is 12.0. The number of hydrogen-bond acceptors (Lipinski definition) is 4. The summed E-state index contributed by atoms with van der Waals surface area (Å²) in [5.74, 6) is -0.553. The average molecular weight is 245 g/mol. The van der Waals surface area contributed by atoms with Crippen molar-refractivity contribution in [2.75, 3.05) is 25.6 Å². The van der Waals surface area contributed by atoms with Gasteiger partial charge in [-0.3, -0.25) is 0 Å². The van der Waals surface area contributed by atoms with Crippen LogP contribution in [0, 0.1) is 0 Å². The van der Waals surface area contributed by atoms with E-state index in [2.05, 4.69) is 10.3 Å². The molecular formula is C10H13ClN2O3. The van der Waals surface area contributed by atoms with Crippen molar-refractivity contribution in [2.45, 2.75) is 6.42 Å². The van der Waals surface area contributed by atoms with Crippen LogP contribution in [0.15, 0.2) is 12.3 Å². The molecule has 0 aliphatic carbocycles. The van der Waals surface area contributed by atoms with E-state index in [1.807, 2.05) is 0 Å². The molecule has 0 amide bonds. The summed E-state index contributed by atoms with van der Waals surface area (Å²) < 4.78 is 4.89. The molecule has 0 saturated heterocycles. The molecule has 0 radical (unpaired) electrons. The number of aromatic nitrogens is 1. The Balaban J connectivity index is 2.57. The van der Waals surface area contributed by atoms with E-state index in [1.165, 1.54) is 12.3 Å². The Labute approximate surface area is 98.4 Å². The SMILES string of the molecule is COCCCNc1ncc(C(=O)O)cc1Cl. The van der Waals surface area contributed by atoms with E-state index in [9.17, 15) is 4.79 Å². The van der Waals surface area contributed by atoms with Crippen LogP contribution < -0.4 is 5.32 Å². The Morgan fingerprint density at radius 1 is 1.69 bits per heavy atom. The normalized spacial score (nSPS) is 10.1. The maximum absolute atomic E-state index is 10.6. The largest absolute Gasteiger partial charge is 0.478 e. The van der Waals surface area contributed by atoms with Crippen LogP contribution in [-0.4, -0.2) is 36.3 Å². The van der Waals surface area contributed by atoms with E-state index in [4.69, 9.17) is 21.4 Å². The lowest BCUT2D eigenvalue weighted by atomic mass is 10.3. The van der Waals surface area contributed by atoms with Gasteiger partial charge in [-0.25, -0.2) is 9.78 Å². The van der Waals surface area contributed by atoms with Gasteiger partial charge in [0.15, 0.2) is 0 Å². The van der Waals surface area contributed by atoms with Gasteiger partial charge in [0.1, 0.15) is 5.82 Å². The smallest absolute Gasteiger partial charge is 0.337 e. The van der Waals surface area contributed by atoms with Crippen molar-refractivity contribution in [3.8, 4) is 0 Å². The summed E-state index contributed by atoms with van der Waals surface area (Å²) in [7, 11) is 1.63. The molecule has 1 aromatic heterocycles. The third kappa shape index (κ3) is 3.67. The lowest BCUT2D eigenvalue weighted by Crippen LogP contribution is -2.07. The molecule has 0 atom stereocenters. The number of ether oxygens (including phenoxy) is 1. The number of aromatic carboxylic acids is 1. The molecular weight excluding hydrogens is 232 g/mol. The number of halogens is 1. The van der Waals surface area contributed by atoms with Gasteiger partial charge in [0.25, 0.3) is 0 Å². The first-order valence-electron chi connectivity index (χ1n) is 4.77. The molecule has 0 bridgehead atoms. The minimum atomic E-state index is -1.04. The number of rotatable bonds is 6. The summed E-state index contributed by atoms with van der Waals surface area (Å²) in [6, 6.07) is 1.37. The molecule has 2 N–H and O–H groups in total. The molecule has 0 aromatic carbocycles. The molecule has 5 nitrogen and oxygen atoms in total. The number of carbonyl (C=O) groups is 1. The van der Waals surface area contributed by atoms with Crippen molar-refractivity contribution in [1.82, 2.24) is 4.98 Å². The van der Waals surface area contributed by atoms with E-state index in [0.29, 0.717) is 24.0 Å². The van der Waals surface area contributed by atoms with Gasteiger partial charge in [-0.1, -0.05) is 11.6 Å². The average Bonchev–Trinajstić information content (AvgIpc) is 2.26. The number of methoxy groups -OCH3 is 1. The second kappa shape index (κ2) is 6.30. The molecule has 0 fully saturated rings. The second-order valence-corrected chi connectivity index (χ2v) is 3.54. The Hall–Kier alpha value is -1.33. The molecule has 1 heterocycles. The first-order chi connectivity index (χ1) is 7.65. The first-order valence-corrected chi connectivity index (χ1v) is 5.14. The highest BCUT2D eigenvalue weighted by Gasteiger charge is 2.07. The maximum atomic E-state index is 10.6. The molecule has 6 heteroatoms. The van der Waals surface area contributed by atoms with Gasteiger partial charge in [-0.15, -0.1) is 0 Å². The Kier molecular flexibility index (Phi) is 5.01. The standard InChI is InChI=1S/C10H13ClN2O3/c1-16-4-2-3-12-9-8(11)5-7(6-13-9)10(14)15/h5-6H,2-4H2,1H3,(H,12,13)(H,14,15). The highest BCUT2D eigenvalue weighted by Crippen LogP contribution is 2.19. The molecule has 0 spiro atoms. The summed E-state index contributed by atoms with van der Waals surface area (Å²) in [4.78, 5) is 14.6. The Bertz CT molecular complexity index is 371. The van der Waals surface area contributed by atoms with Crippen molar-refractivity contribution < 1.29 is 14.6 Å². The lowest BCUT2D eigenvalue weighted by Gasteiger charge is -2.07. The molecule has 88 valence electrons. The van der Waals surface area contributed by atoms with Crippen molar-refractivity contribution in [2.24, 2.45) is 0 Å². The summed E-state index contributed by atoms with van der Waals surface area (Å²) >= 11 is 5.87. The van der Waals surface area contributed by atoms with E-state index in [1.54, 1.807) is 7.11 Å². The summed E-state index contributed by atoms with van der Waals surface area (Å²) in [5.41, 5.74) is 0.0763. The van der Waals surface area contributed by atoms with Gasteiger partial charge in [-0.05, 0) is 12.5 Å². The number of carboxylic acids is 1. The minimum Gasteiger partial charge on any atom is -0.478 e. The van der Waals surface area contributed by atoms with Crippen LogP contribution in [0.4, 0.5) is 5.82 Å². The Morgan fingerprint density at radius 2 is 2.44 bits per heavy atom. The minimum absolute atomic E-state index is 0.0763. The molecule has 0 unspecified atom stereocenters. The van der Waals surface area contributed by atoms with E-state index < -0.39 is 5.97 Å². The predicted octanol–water partition coefficient (Wildman–Crippen LogP) is 1.88. The first kappa shape index (κ1) is 12.7. The van der Waals surface area contributed by atoms with E-state index in [0.717, 1.165) is 6.42 Å². The fourth-order valence-electron chi connectivity index (χ4n) is 1.11. The van der Waals surface area contributed by atoms with Crippen LogP contribution in [-0.2, 0) is 4.74 Å². The van der Waals surface area contributed by atoms with E-state index in [-0.39, 0.29) is 5.56 Å². The quantitative estimate of drug-likeness (QED) is 0.748. The number of nitrogens with one attached hydrogen (secondary N) is 1. The van der Waals surface area contributed by atoms with Crippen LogP contribution >= 0.6 is 11.6 Å². The van der Waals surface area contributed by atoms with Gasteiger partial charge < -0.3 is 15.2 Å². The summed E-state index contributed by atoms with van der Waals surface area (Å²) in [5, 5.41) is 12.0. The lowest BCUT2D eigenvalue weighted by molar-refractivity contribution is 0.0696. The van der Waals surface area contributed by atoms with E-state index >= 15 is 0 Å². The molecule has 0 aliphatic heterocycles. The van der Waals surface area contributed by atoms with Gasteiger partial charge in [0.05, 0.1) is 10.6 Å². The third-order valence-corrected chi connectivity index (χ3v) is 2.19. The van der Waals surface area contributed by atoms with Crippen LogP contribution in [0.25, 0.3) is 0 Å². The topological polar surface area (TPSA) is 71.5 Å². The summed E-state index contributed by atoms with van der Waals surface area (Å²) in [6.07, 6.45) is 2.10. The zero-order valence-electron chi connectivity index (χ0n) is 8.86. The van der Waals surface area contributed by atoms with Crippen LogP contribution in [0.3, 0.4) is 0 Å². The van der Waals surface area contributed by atoms with Crippen LogP contribution in [0.1, 0.15) is 16.8 Å². The van der Waals surface area contributed by atoms with Crippen molar-refractivity contribution in [1.29, 1.82) is 0 Å². The van der Waals surface area contributed by atoms with Crippen LogP contribution in [0.2, 0.25) is 5.02 Å². The number of nitrogens with zero attached hydrogens (tertiary/aromatic N) is 1. The zero-order valence-corrected chi connectivity index (χ0v) is 9.62. The van der Waals surface area contributed by atoms with Crippen molar-refractivity contribution >= 4 is 23.4 Å². The van der Waals surface area contributed by atoms with Gasteiger partial charge in [-0.2, -0.15) is 0 Å². The fourth-order valence-corrected chi connectivity index (χ4v) is 1.34. The molecule has 1 rings (SSSR count). The second-order valence-electron chi connectivity index (χ2n) is 3.13. The molecule has 1 aromatic rings. The monoisotopic (exact) mass is 244 g/mol. The molecule has 0 aliphatic rings. The fraction of sp³-hybridized carbons (Fsp3) is 0.400. The predicted molar refractivity (Wildman–Crippen MR) is 61.2 cm³/mol. The summed E-state index contributed by atoms with van der Waals surface area (Å²) in [6.45, 7) is 1.32. The number of pyridine rings is 1. The van der Waals surface area contributed by atoms with Crippen molar-refractivity contribution in [3.63, 3.8) is 0 Å². The maximum Gasteiger partial charge on any atom is 0.337 e. The number of hydrogen-bond donors (Lipinski definition) is 2. The van der Waals surface area contributed by atoms with Gasteiger partial charge >= 0.3 is 5.97 Å². The van der Waals surface area contributed by atoms with Gasteiger partial charge in [0.2, 0.25) is 0 Å². The Morgan fingerprint density at radius 3 is 3.00 bits per heavy atom. The highest BCUT2D eigenvalue weighted by atomic mass is 35.5. The van der Waals surface area contributed by atoms with Crippen LogP contribution in [0.5, 0.6) is 0 Å². The van der Waals surface area contributed by atoms with Gasteiger partial charge in [0, 0.05) is 26.5 Å². The molecule has 0 saturated carbocycles. The van der Waals surface area contributed by atoms with Crippen molar-refractivity contribution in [3.05, 3.63) is 22.8 Å². The highest BCUT2D eigenvalue weighted by molar-refractivity contribution is 6.33. The number of anilines is 1. The number of carboxylic acid groups (broad SMARTS) is 1.